The molecule has 0 bridgehead atoms. The summed E-state index contributed by atoms with van der Waals surface area (Å²) in [5, 5.41) is 3.28. The lowest BCUT2D eigenvalue weighted by atomic mass is 10.0. The van der Waals surface area contributed by atoms with Crippen LogP contribution in [-0.2, 0) is 32.6 Å². The molecule has 0 aliphatic carbocycles. The first kappa shape index (κ1) is 32.1. The van der Waals surface area contributed by atoms with Crippen molar-refractivity contribution in [3.8, 4) is 0 Å². The van der Waals surface area contributed by atoms with Crippen molar-refractivity contribution in [1.82, 2.24) is 10.2 Å². The van der Waals surface area contributed by atoms with Crippen molar-refractivity contribution in [1.29, 1.82) is 0 Å². The first-order valence-corrected chi connectivity index (χ1v) is 16.0. The topological polar surface area (TPSA) is 86.8 Å². The van der Waals surface area contributed by atoms with Gasteiger partial charge < -0.3 is 10.2 Å². The number of amides is 2. The Morgan fingerprint density at radius 1 is 0.837 bits per heavy atom. The molecule has 224 valence electrons. The number of hydrogen-bond acceptors (Lipinski definition) is 4. The summed E-state index contributed by atoms with van der Waals surface area (Å²) in [6.45, 7) is 3.60. The van der Waals surface area contributed by atoms with Crippen LogP contribution in [0.5, 0.6) is 0 Å². The number of carbonyl (C=O) groups is 2. The molecule has 4 aromatic rings. The normalized spacial score (nSPS) is 11.9. The molecule has 7 nitrogen and oxygen atoms in total. The maximum atomic E-state index is 14.4. The Morgan fingerprint density at radius 3 is 2.02 bits per heavy atom. The van der Waals surface area contributed by atoms with Gasteiger partial charge in [-0.3, -0.25) is 13.9 Å². The Kier molecular flexibility index (Phi) is 10.9. The van der Waals surface area contributed by atoms with E-state index in [1.54, 1.807) is 18.2 Å². The van der Waals surface area contributed by atoms with E-state index >= 15 is 0 Å². The van der Waals surface area contributed by atoms with E-state index in [-0.39, 0.29) is 39.5 Å². The second-order valence-electron chi connectivity index (χ2n) is 10.0. The molecule has 4 rings (SSSR count). The Hall–Kier alpha value is -3.85. The largest absolute Gasteiger partial charge is 0.355 e. The number of halogens is 2. The predicted molar refractivity (Wildman–Crippen MR) is 172 cm³/mol. The number of carbonyl (C=O) groups excluding carboxylic acids is 2. The van der Waals surface area contributed by atoms with Crippen LogP contribution in [0, 0.1) is 6.92 Å². The highest BCUT2D eigenvalue weighted by Crippen LogP contribution is 2.30. The zero-order chi connectivity index (χ0) is 31.0. The molecule has 0 aliphatic heterocycles. The van der Waals surface area contributed by atoms with E-state index in [1.807, 2.05) is 68.4 Å². The summed E-state index contributed by atoms with van der Waals surface area (Å²) >= 11 is 12.6. The Bertz CT molecular complexity index is 1650. The first-order valence-electron chi connectivity index (χ1n) is 13.8. The van der Waals surface area contributed by atoms with E-state index in [1.165, 1.54) is 35.2 Å². The van der Waals surface area contributed by atoms with E-state index in [4.69, 9.17) is 23.2 Å². The van der Waals surface area contributed by atoms with Gasteiger partial charge in [0.25, 0.3) is 10.0 Å². The highest BCUT2D eigenvalue weighted by atomic mass is 35.5. The summed E-state index contributed by atoms with van der Waals surface area (Å²) in [5.41, 5.74) is 2.76. The molecule has 43 heavy (non-hydrogen) atoms. The maximum Gasteiger partial charge on any atom is 0.264 e. The van der Waals surface area contributed by atoms with E-state index in [9.17, 15) is 18.0 Å². The summed E-state index contributed by atoms with van der Waals surface area (Å²) in [4.78, 5) is 29.4. The molecule has 0 saturated carbocycles. The molecule has 1 atom stereocenters. The number of hydrogen-bond donors (Lipinski definition) is 1. The number of nitrogens with zero attached hydrogens (tertiary/aromatic N) is 2. The molecule has 4 aromatic carbocycles. The molecular formula is C33H33Cl2N3O4S. The van der Waals surface area contributed by atoms with Gasteiger partial charge in [0, 0.05) is 29.6 Å². The second kappa shape index (κ2) is 14.6. The third-order valence-corrected chi connectivity index (χ3v) is 9.19. The van der Waals surface area contributed by atoms with Crippen molar-refractivity contribution in [2.45, 2.75) is 37.8 Å². The number of aryl methyl sites for hydroxylation is 1. The average Bonchev–Trinajstić information content (AvgIpc) is 2.99. The van der Waals surface area contributed by atoms with Gasteiger partial charge in [0.1, 0.15) is 12.6 Å². The van der Waals surface area contributed by atoms with Gasteiger partial charge in [-0.15, -0.1) is 0 Å². The van der Waals surface area contributed by atoms with Crippen LogP contribution in [0.25, 0.3) is 0 Å². The third-order valence-electron chi connectivity index (χ3n) is 6.97. The van der Waals surface area contributed by atoms with Crippen LogP contribution in [0.15, 0.2) is 108 Å². The van der Waals surface area contributed by atoms with E-state index in [0.29, 0.717) is 6.54 Å². The zero-order valence-corrected chi connectivity index (χ0v) is 26.2. The van der Waals surface area contributed by atoms with E-state index in [0.717, 1.165) is 21.0 Å². The van der Waals surface area contributed by atoms with Crippen molar-refractivity contribution in [2.24, 2.45) is 0 Å². The van der Waals surface area contributed by atoms with Crippen LogP contribution in [0.2, 0.25) is 10.0 Å². The molecule has 0 spiro atoms. The smallest absolute Gasteiger partial charge is 0.264 e. The number of sulfonamides is 1. The molecule has 2 amide bonds. The number of nitrogens with one attached hydrogen (secondary N) is 1. The van der Waals surface area contributed by atoms with E-state index < -0.39 is 28.5 Å². The van der Waals surface area contributed by atoms with Crippen LogP contribution in [0.3, 0.4) is 0 Å². The van der Waals surface area contributed by atoms with Crippen LogP contribution >= 0.6 is 23.2 Å². The van der Waals surface area contributed by atoms with Crippen LogP contribution in [-0.4, -0.2) is 44.3 Å². The minimum Gasteiger partial charge on any atom is -0.355 e. The minimum atomic E-state index is -4.24. The lowest BCUT2D eigenvalue weighted by molar-refractivity contribution is -0.140. The average molecular weight is 639 g/mol. The lowest BCUT2D eigenvalue weighted by Crippen LogP contribution is -2.53. The monoisotopic (exact) mass is 637 g/mol. The fraction of sp³-hybridized carbons (Fsp3) is 0.212. The van der Waals surface area contributed by atoms with Gasteiger partial charge in [-0.25, -0.2) is 8.42 Å². The molecule has 0 heterocycles. The highest BCUT2D eigenvalue weighted by molar-refractivity contribution is 7.92. The number of anilines is 1. The fourth-order valence-electron chi connectivity index (χ4n) is 4.75. The Morgan fingerprint density at radius 2 is 1.42 bits per heavy atom. The minimum absolute atomic E-state index is 0.00564. The summed E-state index contributed by atoms with van der Waals surface area (Å²) < 4.78 is 29.0. The molecule has 0 radical (unpaired) electrons. The fourth-order valence-corrected chi connectivity index (χ4v) is 6.68. The van der Waals surface area contributed by atoms with Crippen LogP contribution in [0.4, 0.5) is 5.69 Å². The molecule has 0 unspecified atom stereocenters. The van der Waals surface area contributed by atoms with Crippen molar-refractivity contribution in [3.05, 3.63) is 130 Å². The Balaban J connectivity index is 1.82. The molecule has 1 N–H and O–H groups in total. The summed E-state index contributed by atoms with van der Waals surface area (Å²) in [6.07, 6.45) is 0.235. The molecule has 0 aromatic heterocycles. The number of benzene rings is 4. The van der Waals surface area contributed by atoms with Crippen molar-refractivity contribution in [2.75, 3.05) is 17.4 Å². The molecule has 0 aliphatic rings. The lowest BCUT2D eigenvalue weighted by Gasteiger charge is -2.34. The van der Waals surface area contributed by atoms with Crippen molar-refractivity contribution >= 4 is 50.7 Å². The first-order chi connectivity index (χ1) is 20.6. The van der Waals surface area contributed by atoms with Crippen LogP contribution < -0.4 is 9.62 Å². The van der Waals surface area contributed by atoms with E-state index in [2.05, 4.69) is 5.32 Å². The summed E-state index contributed by atoms with van der Waals surface area (Å²) in [5.74, 6) is -0.900. The van der Waals surface area contributed by atoms with Crippen LogP contribution in [0.1, 0.15) is 23.6 Å². The number of rotatable bonds is 12. The maximum absolute atomic E-state index is 14.4. The van der Waals surface area contributed by atoms with Gasteiger partial charge in [0.2, 0.25) is 11.8 Å². The van der Waals surface area contributed by atoms with Gasteiger partial charge in [-0.05, 0) is 60.9 Å². The molecular weight excluding hydrogens is 605 g/mol. The highest BCUT2D eigenvalue weighted by Gasteiger charge is 2.34. The molecule has 0 saturated heterocycles. The summed E-state index contributed by atoms with van der Waals surface area (Å²) in [6, 6.07) is 28.3. The standard InChI is InChI=1S/C33H33Cl2N3O4S/c1-3-36-33(40)31(18-25-13-6-4-7-14-25)37(22-26-15-11-10-12-24(26)2)32(39)23-38(29-20-27(34)19-28(35)21-29)43(41,42)30-16-8-5-9-17-30/h4-17,19-21,31H,3,18,22-23H2,1-2H3,(H,36,40)/t31-/m1/s1. The quantitative estimate of drug-likeness (QED) is 0.198. The zero-order valence-electron chi connectivity index (χ0n) is 23.9. The second-order valence-corrected chi connectivity index (χ2v) is 12.7. The van der Waals surface area contributed by atoms with Gasteiger partial charge in [0.15, 0.2) is 0 Å². The van der Waals surface area contributed by atoms with Crippen molar-refractivity contribution < 1.29 is 18.0 Å². The molecule has 0 fully saturated rings. The third kappa shape index (κ3) is 8.16. The predicted octanol–water partition coefficient (Wildman–Crippen LogP) is 6.27. The van der Waals surface area contributed by atoms with Crippen molar-refractivity contribution in [3.63, 3.8) is 0 Å². The van der Waals surface area contributed by atoms with Gasteiger partial charge >= 0.3 is 0 Å². The van der Waals surface area contributed by atoms with Gasteiger partial charge in [-0.1, -0.05) is 96.0 Å². The Labute approximate surface area is 263 Å². The molecule has 10 heteroatoms. The van der Waals surface area contributed by atoms with Gasteiger partial charge in [0.05, 0.1) is 10.6 Å². The van der Waals surface area contributed by atoms with Gasteiger partial charge in [-0.2, -0.15) is 0 Å². The summed E-state index contributed by atoms with van der Waals surface area (Å²) in [7, 11) is -4.24. The SMILES string of the molecule is CCNC(=O)[C@@H](Cc1ccccc1)N(Cc1ccccc1C)C(=O)CN(c1cc(Cl)cc(Cl)c1)S(=O)(=O)c1ccccc1. The number of likely N-dealkylation sites (N-methyl/N-ethyl adjacent to an activating group) is 1.